The van der Waals surface area contributed by atoms with Gasteiger partial charge in [-0.2, -0.15) is 0 Å². The molecule has 1 unspecified atom stereocenters. The van der Waals surface area contributed by atoms with Gasteiger partial charge >= 0.3 is 0 Å². The summed E-state index contributed by atoms with van der Waals surface area (Å²) < 4.78 is 1.05. The number of hydrogen-bond donors (Lipinski definition) is 0. The van der Waals surface area contributed by atoms with Gasteiger partial charge in [-0.1, -0.05) is 28.1 Å². The molecule has 0 radical (unpaired) electrons. The van der Waals surface area contributed by atoms with Crippen molar-refractivity contribution >= 4 is 21.8 Å². The Morgan fingerprint density at radius 3 is 2.29 bits per heavy atom. The number of carbonyl (C=O) groups excluding carboxylic acids is 1. The first-order chi connectivity index (χ1) is 6.52. The second kappa shape index (κ2) is 4.60. The standard InChI is InChI=1S/C11H14BrNO/c1-8(13(3)9(2)14)10-4-6-11(12)7-5-10/h4-8H,1-3H3. The van der Waals surface area contributed by atoms with E-state index >= 15 is 0 Å². The first-order valence-corrected chi connectivity index (χ1v) is 5.30. The third-order valence-corrected chi connectivity index (χ3v) is 2.96. The predicted molar refractivity (Wildman–Crippen MR) is 61.0 cm³/mol. The molecule has 3 heteroatoms. The normalized spacial score (nSPS) is 12.3. The Kier molecular flexibility index (Phi) is 3.69. The number of amides is 1. The van der Waals surface area contributed by atoms with Crippen molar-refractivity contribution in [3.63, 3.8) is 0 Å². The molecule has 14 heavy (non-hydrogen) atoms. The molecule has 1 rings (SSSR count). The molecule has 0 fully saturated rings. The molecule has 1 aromatic carbocycles. The number of nitrogens with zero attached hydrogens (tertiary/aromatic N) is 1. The molecule has 0 saturated heterocycles. The summed E-state index contributed by atoms with van der Waals surface area (Å²) in [6.45, 7) is 3.60. The first kappa shape index (κ1) is 11.2. The lowest BCUT2D eigenvalue weighted by Crippen LogP contribution is -2.26. The lowest BCUT2D eigenvalue weighted by atomic mass is 10.1. The fourth-order valence-electron chi connectivity index (χ4n) is 1.24. The third-order valence-electron chi connectivity index (χ3n) is 2.43. The summed E-state index contributed by atoms with van der Waals surface area (Å²) in [5.74, 6) is 0.0837. The Labute approximate surface area is 93.0 Å². The smallest absolute Gasteiger partial charge is 0.219 e. The van der Waals surface area contributed by atoms with Gasteiger partial charge in [0.25, 0.3) is 0 Å². The van der Waals surface area contributed by atoms with E-state index in [0.29, 0.717) is 0 Å². The van der Waals surface area contributed by atoms with Crippen LogP contribution in [0.3, 0.4) is 0 Å². The van der Waals surface area contributed by atoms with Gasteiger partial charge in [-0.05, 0) is 24.6 Å². The van der Waals surface area contributed by atoms with Gasteiger partial charge in [0.1, 0.15) is 0 Å². The number of benzene rings is 1. The van der Waals surface area contributed by atoms with Gasteiger partial charge in [0.15, 0.2) is 0 Å². The summed E-state index contributed by atoms with van der Waals surface area (Å²) >= 11 is 3.38. The zero-order chi connectivity index (χ0) is 10.7. The van der Waals surface area contributed by atoms with Gasteiger partial charge in [-0.25, -0.2) is 0 Å². The van der Waals surface area contributed by atoms with E-state index in [1.165, 1.54) is 0 Å². The van der Waals surface area contributed by atoms with Crippen molar-refractivity contribution in [2.45, 2.75) is 19.9 Å². The van der Waals surface area contributed by atoms with Crippen LogP contribution in [0.1, 0.15) is 25.5 Å². The molecular weight excluding hydrogens is 242 g/mol. The predicted octanol–water partition coefficient (Wildman–Crippen LogP) is 2.99. The molecule has 1 atom stereocenters. The maximum Gasteiger partial charge on any atom is 0.219 e. The van der Waals surface area contributed by atoms with Crippen molar-refractivity contribution in [3.8, 4) is 0 Å². The average Bonchev–Trinajstić information content (AvgIpc) is 2.16. The molecule has 1 aromatic rings. The highest BCUT2D eigenvalue weighted by Crippen LogP contribution is 2.20. The Morgan fingerprint density at radius 1 is 1.36 bits per heavy atom. The van der Waals surface area contributed by atoms with Crippen molar-refractivity contribution in [3.05, 3.63) is 34.3 Å². The highest BCUT2D eigenvalue weighted by atomic mass is 79.9. The largest absolute Gasteiger partial charge is 0.339 e. The van der Waals surface area contributed by atoms with E-state index in [1.54, 1.807) is 11.8 Å². The van der Waals surface area contributed by atoms with Crippen molar-refractivity contribution in [2.75, 3.05) is 7.05 Å². The molecule has 76 valence electrons. The Morgan fingerprint density at radius 2 is 1.86 bits per heavy atom. The van der Waals surface area contributed by atoms with Gasteiger partial charge in [0.05, 0.1) is 6.04 Å². The fourth-order valence-corrected chi connectivity index (χ4v) is 1.50. The number of carbonyl (C=O) groups is 1. The first-order valence-electron chi connectivity index (χ1n) is 4.51. The molecule has 2 nitrogen and oxygen atoms in total. The molecule has 0 heterocycles. The minimum absolute atomic E-state index is 0.0837. The molecule has 0 aliphatic heterocycles. The second-order valence-corrected chi connectivity index (χ2v) is 4.27. The van der Waals surface area contributed by atoms with Crippen LogP contribution < -0.4 is 0 Å². The number of hydrogen-bond acceptors (Lipinski definition) is 1. The van der Waals surface area contributed by atoms with E-state index in [-0.39, 0.29) is 11.9 Å². The van der Waals surface area contributed by atoms with E-state index < -0.39 is 0 Å². The summed E-state index contributed by atoms with van der Waals surface area (Å²) in [6, 6.07) is 8.14. The highest BCUT2D eigenvalue weighted by molar-refractivity contribution is 9.10. The number of halogens is 1. The lowest BCUT2D eigenvalue weighted by Gasteiger charge is -2.23. The van der Waals surface area contributed by atoms with Gasteiger partial charge in [0.2, 0.25) is 5.91 Å². The van der Waals surface area contributed by atoms with Crippen molar-refractivity contribution in [1.82, 2.24) is 4.90 Å². The highest BCUT2D eigenvalue weighted by Gasteiger charge is 2.13. The van der Waals surface area contributed by atoms with Crippen LogP contribution in [-0.2, 0) is 4.79 Å². The van der Waals surface area contributed by atoms with E-state index in [2.05, 4.69) is 15.9 Å². The van der Waals surface area contributed by atoms with Crippen molar-refractivity contribution < 1.29 is 4.79 Å². The zero-order valence-corrected chi connectivity index (χ0v) is 10.2. The van der Waals surface area contributed by atoms with Crippen LogP contribution in [0.15, 0.2) is 28.7 Å². The molecule has 0 spiro atoms. The topological polar surface area (TPSA) is 20.3 Å². The van der Waals surface area contributed by atoms with Crippen LogP contribution in [0.2, 0.25) is 0 Å². The molecule has 1 amide bonds. The third kappa shape index (κ3) is 2.58. The van der Waals surface area contributed by atoms with E-state index in [0.717, 1.165) is 10.0 Å². The summed E-state index contributed by atoms with van der Waals surface area (Å²) in [5.41, 5.74) is 1.14. The fraction of sp³-hybridized carbons (Fsp3) is 0.364. The van der Waals surface area contributed by atoms with E-state index in [9.17, 15) is 4.79 Å². The van der Waals surface area contributed by atoms with Crippen LogP contribution in [-0.4, -0.2) is 17.9 Å². The van der Waals surface area contributed by atoms with E-state index in [1.807, 2.05) is 38.2 Å². The maximum atomic E-state index is 11.1. The average molecular weight is 256 g/mol. The van der Waals surface area contributed by atoms with Gasteiger partial charge < -0.3 is 4.90 Å². The molecule has 0 aliphatic rings. The van der Waals surface area contributed by atoms with Crippen molar-refractivity contribution in [2.24, 2.45) is 0 Å². The summed E-state index contributed by atoms with van der Waals surface area (Å²) in [6.07, 6.45) is 0. The van der Waals surface area contributed by atoms with Gasteiger partial charge in [-0.3, -0.25) is 4.79 Å². The van der Waals surface area contributed by atoms with Crippen LogP contribution >= 0.6 is 15.9 Å². The van der Waals surface area contributed by atoms with Crippen LogP contribution in [0.4, 0.5) is 0 Å². The summed E-state index contributed by atoms with van der Waals surface area (Å²) in [7, 11) is 1.81. The van der Waals surface area contributed by atoms with Gasteiger partial charge in [0, 0.05) is 18.4 Å². The molecule has 0 aliphatic carbocycles. The maximum absolute atomic E-state index is 11.1. The second-order valence-electron chi connectivity index (χ2n) is 3.36. The van der Waals surface area contributed by atoms with Crippen LogP contribution in [0.25, 0.3) is 0 Å². The summed E-state index contributed by atoms with van der Waals surface area (Å²) in [4.78, 5) is 12.9. The molecule has 0 aromatic heterocycles. The monoisotopic (exact) mass is 255 g/mol. The van der Waals surface area contributed by atoms with E-state index in [4.69, 9.17) is 0 Å². The van der Waals surface area contributed by atoms with Crippen LogP contribution in [0.5, 0.6) is 0 Å². The van der Waals surface area contributed by atoms with Crippen molar-refractivity contribution in [1.29, 1.82) is 0 Å². The Balaban J connectivity index is 2.84. The Bertz CT molecular complexity index is 321. The SMILES string of the molecule is CC(=O)N(C)C(C)c1ccc(Br)cc1. The molecule has 0 N–H and O–H groups in total. The Hall–Kier alpha value is -0.830. The number of rotatable bonds is 2. The van der Waals surface area contributed by atoms with Gasteiger partial charge in [-0.15, -0.1) is 0 Å². The zero-order valence-electron chi connectivity index (χ0n) is 8.62. The minimum atomic E-state index is 0.0837. The molecule has 0 bridgehead atoms. The molecular formula is C11H14BrNO. The summed E-state index contributed by atoms with van der Waals surface area (Å²) in [5, 5.41) is 0. The van der Waals surface area contributed by atoms with Crippen LogP contribution in [0, 0.1) is 0 Å². The minimum Gasteiger partial charge on any atom is -0.339 e. The lowest BCUT2D eigenvalue weighted by molar-refractivity contribution is -0.129. The molecule has 0 saturated carbocycles. The quantitative estimate of drug-likeness (QED) is 0.796.